The van der Waals surface area contributed by atoms with Gasteiger partial charge in [-0.1, -0.05) is 17.7 Å². The van der Waals surface area contributed by atoms with Crippen molar-refractivity contribution in [3.8, 4) is 5.75 Å². The standard InChI is InChI=1S/C17H17N3O4S/c1-12-4-6-14(7-5-12)24-11-16(22)19-20-17(25)18-15(21)9-8-13-3-2-10-23-13/h2-10H,11H2,1H3,(H,19,22)(H2,18,20,21,25)/b9-8+. The molecule has 25 heavy (non-hydrogen) atoms. The number of thiocarbonyl (C=S) groups is 1. The average molecular weight is 359 g/mol. The van der Waals surface area contributed by atoms with Gasteiger partial charge in [0, 0.05) is 6.08 Å². The molecule has 0 aliphatic heterocycles. The zero-order valence-corrected chi connectivity index (χ0v) is 14.3. The first kappa shape index (κ1) is 18.2. The van der Waals surface area contributed by atoms with E-state index >= 15 is 0 Å². The first-order valence-corrected chi connectivity index (χ1v) is 7.74. The third-order valence-electron chi connectivity index (χ3n) is 2.89. The van der Waals surface area contributed by atoms with E-state index < -0.39 is 11.8 Å². The predicted molar refractivity (Wildman–Crippen MR) is 96.4 cm³/mol. The normalized spacial score (nSPS) is 10.3. The van der Waals surface area contributed by atoms with Crippen LogP contribution in [0.15, 0.2) is 53.2 Å². The van der Waals surface area contributed by atoms with Crippen LogP contribution in [-0.4, -0.2) is 23.5 Å². The van der Waals surface area contributed by atoms with Crippen LogP contribution in [0.4, 0.5) is 0 Å². The second-order valence-electron chi connectivity index (χ2n) is 4.94. The molecular weight excluding hydrogens is 342 g/mol. The van der Waals surface area contributed by atoms with E-state index in [0.717, 1.165) is 5.56 Å². The molecule has 0 spiro atoms. The SMILES string of the molecule is Cc1ccc(OCC(=O)NNC(=S)NC(=O)/C=C/c2ccco2)cc1. The molecule has 1 aromatic carbocycles. The van der Waals surface area contributed by atoms with Crippen molar-refractivity contribution in [1.29, 1.82) is 0 Å². The number of carbonyl (C=O) groups is 2. The van der Waals surface area contributed by atoms with Crippen molar-refractivity contribution in [1.82, 2.24) is 16.2 Å². The van der Waals surface area contributed by atoms with Crippen LogP contribution in [0, 0.1) is 6.92 Å². The molecule has 0 fully saturated rings. The summed E-state index contributed by atoms with van der Waals surface area (Å²) in [6.07, 6.45) is 4.25. The van der Waals surface area contributed by atoms with Crippen molar-refractivity contribution in [2.45, 2.75) is 6.92 Å². The maximum Gasteiger partial charge on any atom is 0.276 e. The van der Waals surface area contributed by atoms with Crippen LogP contribution >= 0.6 is 12.2 Å². The Labute approximate surface area is 150 Å². The van der Waals surface area contributed by atoms with Gasteiger partial charge in [0.05, 0.1) is 6.26 Å². The Morgan fingerprint density at radius 2 is 1.96 bits per heavy atom. The molecule has 2 aromatic rings. The zero-order valence-electron chi connectivity index (χ0n) is 13.4. The van der Waals surface area contributed by atoms with Crippen LogP contribution in [0.2, 0.25) is 0 Å². The second-order valence-corrected chi connectivity index (χ2v) is 5.35. The molecule has 0 aliphatic rings. The molecule has 0 bridgehead atoms. The predicted octanol–water partition coefficient (Wildman–Crippen LogP) is 1.70. The molecule has 0 saturated heterocycles. The number of hydrogen-bond donors (Lipinski definition) is 3. The lowest BCUT2D eigenvalue weighted by Gasteiger charge is -2.10. The Bertz CT molecular complexity index is 755. The number of aryl methyl sites for hydroxylation is 1. The molecule has 1 aromatic heterocycles. The summed E-state index contributed by atoms with van der Waals surface area (Å²) in [4.78, 5) is 23.3. The smallest absolute Gasteiger partial charge is 0.276 e. The van der Waals surface area contributed by atoms with Crippen molar-refractivity contribution >= 4 is 35.2 Å². The van der Waals surface area contributed by atoms with E-state index in [4.69, 9.17) is 21.4 Å². The molecule has 3 N–H and O–H groups in total. The van der Waals surface area contributed by atoms with Crippen LogP contribution < -0.4 is 20.9 Å². The van der Waals surface area contributed by atoms with Gasteiger partial charge < -0.3 is 9.15 Å². The molecule has 8 heteroatoms. The molecule has 2 rings (SSSR count). The maximum atomic E-state index is 11.7. The molecule has 1 heterocycles. The van der Waals surface area contributed by atoms with E-state index in [-0.39, 0.29) is 11.7 Å². The lowest BCUT2D eigenvalue weighted by molar-refractivity contribution is -0.123. The number of carbonyl (C=O) groups excluding carboxylic acids is 2. The molecule has 0 radical (unpaired) electrons. The summed E-state index contributed by atoms with van der Waals surface area (Å²) < 4.78 is 10.4. The maximum absolute atomic E-state index is 11.7. The summed E-state index contributed by atoms with van der Waals surface area (Å²) in [6.45, 7) is 1.77. The zero-order chi connectivity index (χ0) is 18.1. The Kier molecular flexibility index (Phi) is 6.73. The van der Waals surface area contributed by atoms with Gasteiger partial charge in [-0.25, -0.2) is 0 Å². The minimum atomic E-state index is -0.459. The van der Waals surface area contributed by atoms with E-state index in [1.165, 1.54) is 18.4 Å². The van der Waals surface area contributed by atoms with Crippen molar-refractivity contribution in [2.24, 2.45) is 0 Å². The summed E-state index contributed by atoms with van der Waals surface area (Å²) in [6, 6.07) is 10.7. The largest absolute Gasteiger partial charge is 0.484 e. The minimum Gasteiger partial charge on any atom is -0.484 e. The van der Waals surface area contributed by atoms with E-state index in [9.17, 15) is 9.59 Å². The van der Waals surface area contributed by atoms with Crippen molar-refractivity contribution in [3.05, 3.63) is 60.1 Å². The lowest BCUT2D eigenvalue weighted by atomic mass is 10.2. The number of furan rings is 1. The number of hydrogen-bond acceptors (Lipinski definition) is 5. The second kappa shape index (κ2) is 9.24. The number of rotatable bonds is 5. The third-order valence-corrected chi connectivity index (χ3v) is 3.09. The van der Waals surface area contributed by atoms with Crippen LogP contribution in [0.3, 0.4) is 0 Å². The molecule has 0 saturated carbocycles. The van der Waals surface area contributed by atoms with Crippen molar-refractivity contribution in [2.75, 3.05) is 6.61 Å². The van der Waals surface area contributed by atoms with Gasteiger partial charge in [-0.05, 0) is 49.5 Å². The van der Waals surface area contributed by atoms with Crippen LogP contribution in [0.1, 0.15) is 11.3 Å². The van der Waals surface area contributed by atoms with E-state index in [1.807, 2.05) is 19.1 Å². The van der Waals surface area contributed by atoms with Crippen molar-refractivity contribution in [3.63, 3.8) is 0 Å². The van der Waals surface area contributed by atoms with Crippen LogP contribution in [0.25, 0.3) is 6.08 Å². The molecule has 2 amide bonds. The highest BCUT2D eigenvalue weighted by atomic mass is 32.1. The lowest BCUT2D eigenvalue weighted by Crippen LogP contribution is -2.49. The van der Waals surface area contributed by atoms with Gasteiger partial charge in [-0.2, -0.15) is 0 Å². The van der Waals surface area contributed by atoms with Gasteiger partial charge in [0.2, 0.25) is 5.91 Å². The van der Waals surface area contributed by atoms with Crippen LogP contribution in [-0.2, 0) is 9.59 Å². The molecule has 0 atom stereocenters. The van der Waals surface area contributed by atoms with Gasteiger partial charge in [0.15, 0.2) is 11.7 Å². The van der Waals surface area contributed by atoms with Crippen LogP contribution in [0.5, 0.6) is 5.75 Å². The fourth-order valence-electron chi connectivity index (χ4n) is 1.67. The topological polar surface area (TPSA) is 92.6 Å². The first-order valence-electron chi connectivity index (χ1n) is 7.34. The number of amides is 2. The highest BCUT2D eigenvalue weighted by Gasteiger charge is 2.05. The number of hydrazine groups is 1. The van der Waals surface area contributed by atoms with Gasteiger partial charge >= 0.3 is 0 Å². The highest BCUT2D eigenvalue weighted by molar-refractivity contribution is 7.80. The van der Waals surface area contributed by atoms with Gasteiger partial charge in [-0.15, -0.1) is 0 Å². The Morgan fingerprint density at radius 1 is 1.20 bits per heavy atom. The molecule has 0 unspecified atom stereocenters. The molecular formula is C17H17N3O4S. The van der Waals surface area contributed by atoms with E-state index in [1.54, 1.807) is 24.3 Å². The minimum absolute atomic E-state index is 0.0437. The number of nitrogens with one attached hydrogen (secondary N) is 3. The summed E-state index contributed by atoms with van der Waals surface area (Å²) in [5.41, 5.74) is 5.84. The van der Waals surface area contributed by atoms with E-state index in [2.05, 4.69) is 16.2 Å². The molecule has 130 valence electrons. The Morgan fingerprint density at radius 3 is 2.64 bits per heavy atom. The molecule has 7 nitrogen and oxygen atoms in total. The average Bonchev–Trinajstić information content (AvgIpc) is 3.11. The van der Waals surface area contributed by atoms with E-state index in [0.29, 0.717) is 11.5 Å². The number of ether oxygens (including phenoxy) is 1. The monoisotopic (exact) mass is 359 g/mol. The van der Waals surface area contributed by atoms with Gasteiger partial charge in [0.1, 0.15) is 11.5 Å². The number of benzene rings is 1. The Hall–Kier alpha value is -3.13. The Balaban J connectivity index is 1.65. The first-order chi connectivity index (χ1) is 12.0. The molecule has 0 aliphatic carbocycles. The summed E-state index contributed by atoms with van der Waals surface area (Å²) in [5, 5.41) is 2.33. The third kappa shape index (κ3) is 6.88. The van der Waals surface area contributed by atoms with Gasteiger partial charge in [0.25, 0.3) is 5.91 Å². The van der Waals surface area contributed by atoms with Gasteiger partial charge in [-0.3, -0.25) is 25.8 Å². The fourth-order valence-corrected chi connectivity index (χ4v) is 1.83. The van der Waals surface area contributed by atoms with Crippen molar-refractivity contribution < 1.29 is 18.7 Å². The fraction of sp³-hybridized carbons (Fsp3) is 0.118. The summed E-state index contributed by atoms with van der Waals surface area (Å²) in [7, 11) is 0. The summed E-state index contributed by atoms with van der Waals surface area (Å²) >= 11 is 4.90. The quantitative estimate of drug-likeness (QED) is 0.428. The highest BCUT2D eigenvalue weighted by Crippen LogP contribution is 2.10. The summed E-state index contributed by atoms with van der Waals surface area (Å²) in [5.74, 6) is 0.220.